The first-order valence-electron chi connectivity index (χ1n) is 13.0. The van der Waals surface area contributed by atoms with Crippen molar-refractivity contribution >= 4 is 11.8 Å². The molecule has 7 heteroatoms. The fourth-order valence-corrected chi connectivity index (χ4v) is 3.78. The number of piperazine rings is 1. The van der Waals surface area contributed by atoms with Crippen molar-refractivity contribution in [3.05, 3.63) is 59.7 Å². The third-order valence-corrected chi connectivity index (χ3v) is 5.78. The number of benzene rings is 2. The molecule has 1 saturated heterocycles. The van der Waals surface area contributed by atoms with Gasteiger partial charge in [0.25, 0.3) is 0 Å². The SMILES string of the molecule is CC(C)(C)OC(=O)N1CCN(CO)CC1.CCCc1cccc(OCCCc2ccc(NC)cc2)c1. The van der Waals surface area contributed by atoms with Gasteiger partial charge in [-0.15, -0.1) is 0 Å². The average Bonchev–Trinajstić information content (AvgIpc) is 2.87. The molecule has 2 aromatic carbocycles. The van der Waals surface area contributed by atoms with E-state index in [1.807, 2.05) is 38.8 Å². The second-order valence-corrected chi connectivity index (χ2v) is 10.0. The maximum Gasteiger partial charge on any atom is 0.410 e. The molecule has 1 amide bonds. The summed E-state index contributed by atoms with van der Waals surface area (Å²) in [6, 6.07) is 17.0. The zero-order chi connectivity index (χ0) is 26.4. The summed E-state index contributed by atoms with van der Waals surface area (Å²) in [5.74, 6) is 0.992. The second kappa shape index (κ2) is 15.4. The van der Waals surface area contributed by atoms with Crippen molar-refractivity contribution in [2.75, 3.05) is 51.9 Å². The van der Waals surface area contributed by atoms with E-state index in [1.54, 1.807) is 4.90 Å². The van der Waals surface area contributed by atoms with Gasteiger partial charge in [0, 0.05) is 38.9 Å². The molecule has 7 nitrogen and oxygen atoms in total. The van der Waals surface area contributed by atoms with Crippen molar-refractivity contribution < 1.29 is 19.4 Å². The van der Waals surface area contributed by atoms with E-state index in [4.69, 9.17) is 14.6 Å². The molecule has 0 aromatic heterocycles. The summed E-state index contributed by atoms with van der Waals surface area (Å²) in [7, 11) is 1.94. The Morgan fingerprint density at radius 1 is 1.00 bits per heavy atom. The number of aliphatic hydroxyl groups is 1. The van der Waals surface area contributed by atoms with Crippen LogP contribution < -0.4 is 10.1 Å². The van der Waals surface area contributed by atoms with E-state index in [-0.39, 0.29) is 12.8 Å². The number of carbonyl (C=O) groups excluding carboxylic acids is 1. The van der Waals surface area contributed by atoms with Crippen LogP contribution in [0.15, 0.2) is 48.5 Å². The van der Waals surface area contributed by atoms with Crippen LogP contribution in [0, 0.1) is 0 Å². The van der Waals surface area contributed by atoms with E-state index in [0.29, 0.717) is 26.2 Å². The summed E-state index contributed by atoms with van der Waals surface area (Å²) in [4.78, 5) is 15.2. The van der Waals surface area contributed by atoms with Gasteiger partial charge in [-0.3, -0.25) is 4.90 Å². The van der Waals surface area contributed by atoms with E-state index in [0.717, 1.165) is 37.3 Å². The fourth-order valence-electron chi connectivity index (χ4n) is 3.78. The number of nitrogens with zero attached hydrogens (tertiary/aromatic N) is 2. The number of carbonyl (C=O) groups is 1. The Morgan fingerprint density at radius 2 is 1.69 bits per heavy atom. The summed E-state index contributed by atoms with van der Waals surface area (Å²) < 4.78 is 11.1. The second-order valence-electron chi connectivity index (χ2n) is 10.0. The van der Waals surface area contributed by atoms with Crippen LogP contribution in [0.25, 0.3) is 0 Å². The molecule has 200 valence electrons. The summed E-state index contributed by atoms with van der Waals surface area (Å²) in [6.07, 6.45) is 4.12. The van der Waals surface area contributed by atoms with Gasteiger partial charge in [0.05, 0.1) is 13.3 Å². The molecule has 0 unspecified atom stereocenters. The summed E-state index contributed by atoms with van der Waals surface area (Å²) in [5, 5.41) is 12.0. The van der Waals surface area contributed by atoms with Crippen LogP contribution in [0.3, 0.4) is 0 Å². The Balaban J connectivity index is 0.000000269. The summed E-state index contributed by atoms with van der Waals surface area (Å²) in [5.41, 5.74) is 3.43. The number of aliphatic hydroxyl groups excluding tert-OH is 1. The number of hydrogen-bond donors (Lipinski definition) is 2. The van der Waals surface area contributed by atoms with E-state index < -0.39 is 5.60 Å². The van der Waals surface area contributed by atoms with Crippen LogP contribution in [-0.4, -0.2) is 73.2 Å². The summed E-state index contributed by atoms with van der Waals surface area (Å²) in [6.45, 7) is 11.2. The third kappa shape index (κ3) is 11.3. The first-order valence-corrected chi connectivity index (χ1v) is 13.0. The Bertz CT molecular complexity index is 888. The van der Waals surface area contributed by atoms with Crippen LogP contribution in [0.4, 0.5) is 10.5 Å². The molecule has 2 aromatic rings. The van der Waals surface area contributed by atoms with Crippen molar-refractivity contribution in [3.63, 3.8) is 0 Å². The molecule has 0 bridgehead atoms. The predicted molar refractivity (Wildman–Crippen MR) is 147 cm³/mol. The number of nitrogens with one attached hydrogen (secondary N) is 1. The number of ether oxygens (including phenoxy) is 2. The molecular formula is C29H45N3O4. The molecule has 1 aliphatic rings. The highest BCUT2D eigenvalue weighted by atomic mass is 16.6. The van der Waals surface area contributed by atoms with Crippen molar-refractivity contribution in [2.45, 2.75) is 59.0 Å². The van der Waals surface area contributed by atoms with Crippen LogP contribution in [-0.2, 0) is 17.6 Å². The number of amides is 1. The van der Waals surface area contributed by atoms with Gasteiger partial charge < -0.3 is 24.8 Å². The Labute approximate surface area is 217 Å². The van der Waals surface area contributed by atoms with Crippen LogP contribution in [0.1, 0.15) is 51.7 Å². The topological polar surface area (TPSA) is 74.3 Å². The molecule has 1 aliphatic heterocycles. The average molecular weight is 500 g/mol. The molecule has 2 N–H and O–H groups in total. The van der Waals surface area contributed by atoms with Gasteiger partial charge >= 0.3 is 6.09 Å². The fraction of sp³-hybridized carbons (Fsp3) is 0.552. The zero-order valence-corrected chi connectivity index (χ0v) is 22.8. The van der Waals surface area contributed by atoms with Gasteiger partial charge in [-0.05, 0) is 75.4 Å². The lowest BCUT2D eigenvalue weighted by Crippen LogP contribution is -2.50. The number of anilines is 1. The maximum absolute atomic E-state index is 11.6. The van der Waals surface area contributed by atoms with Crippen LogP contribution >= 0.6 is 0 Å². The predicted octanol–water partition coefficient (Wildman–Crippen LogP) is 5.18. The van der Waals surface area contributed by atoms with Gasteiger partial charge in [-0.2, -0.15) is 0 Å². The Morgan fingerprint density at radius 3 is 2.28 bits per heavy atom. The van der Waals surface area contributed by atoms with Crippen molar-refractivity contribution in [3.8, 4) is 5.75 Å². The molecule has 0 atom stereocenters. The van der Waals surface area contributed by atoms with Gasteiger partial charge in [0.2, 0.25) is 0 Å². The lowest BCUT2D eigenvalue weighted by Gasteiger charge is -2.34. The molecule has 3 rings (SSSR count). The minimum absolute atomic E-state index is 0.0577. The number of rotatable bonds is 9. The van der Waals surface area contributed by atoms with E-state index in [2.05, 4.69) is 54.7 Å². The Kier molecular flexibility index (Phi) is 12.6. The number of hydrogen-bond acceptors (Lipinski definition) is 6. The standard InChI is InChI=1S/C19H25NO.C10H20N2O3/c1-3-6-17-7-4-9-19(15-17)21-14-5-8-16-10-12-18(20-2)13-11-16;1-10(2,3)15-9(14)12-6-4-11(8-13)5-7-12/h4,7,9-13,15,20H,3,5-6,8,14H2,1-2H3;13H,4-8H2,1-3H3. The Hall–Kier alpha value is -2.77. The van der Waals surface area contributed by atoms with E-state index in [1.165, 1.54) is 17.5 Å². The van der Waals surface area contributed by atoms with Gasteiger partial charge in [0.15, 0.2) is 0 Å². The molecule has 0 saturated carbocycles. The molecule has 1 heterocycles. The van der Waals surface area contributed by atoms with E-state index in [9.17, 15) is 4.79 Å². The molecule has 0 spiro atoms. The highest BCUT2D eigenvalue weighted by molar-refractivity contribution is 5.68. The lowest BCUT2D eigenvalue weighted by molar-refractivity contribution is 0.00425. The van der Waals surface area contributed by atoms with Crippen molar-refractivity contribution in [1.29, 1.82) is 0 Å². The minimum atomic E-state index is -0.439. The van der Waals surface area contributed by atoms with Gasteiger partial charge in [0.1, 0.15) is 11.4 Å². The zero-order valence-electron chi connectivity index (χ0n) is 22.8. The lowest BCUT2D eigenvalue weighted by atomic mass is 10.1. The summed E-state index contributed by atoms with van der Waals surface area (Å²) >= 11 is 0. The highest BCUT2D eigenvalue weighted by Crippen LogP contribution is 2.16. The molecular weight excluding hydrogens is 454 g/mol. The van der Waals surface area contributed by atoms with Crippen LogP contribution in [0.5, 0.6) is 5.75 Å². The van der Waals surface area contributed by atoms with Crippen molar-refractivity contribution in [2.24, 2.45) is 0 Å². The quantitative estimate of drug-likeness (QED) is 0.463. The van der Waals surface area contributed by atoms with Gasteiger partial charge in [-0.1, -0.05) is 37.6 Å². The van der Waals surface area contributed by atoms with Gasteiger partial charge in [-0.25, -0.2) is 4.79 Å². The minimum Gasteiger partial charge on any atom is -0.494 e. The first-order chi connectivity index (χ1) is 17.2. The first kappa shape index (κ1) is 29.5. The van der Waals surface area contributed by atoms with E-state index >= 15 is 0 Å². The number of aryl methyl sites for hydroxylation is 2. The van der Waals surface area contributed by atoms with Crippen molar-refractivity contribution in [1.82, 2.24) is 9.80 Å². The maximum atomic E-state index is 11.6. The van der Waals surface area contributed by atoms with Crippen LogP contribution in [0.2, 0.25) is 0 Å². The molecule has 0 radical (unpaired) electrons. The highest BCUT2D eigenvalue weighted by Gasteiger charge is 2.25. The normalized spacial score (nSPS) is 14.0. The smallest absolute Gasteiger partial charge is 0.410 e. The molecule has 1 fully saturated rings. The largest absolute Gasteiger partial charge is 0.494 e. The molecule has 0 aliphatic carbocycles. The molecule has 36 heavy (non-hydrogen) atoms. The third-order valence-electron chi connectivity index (χ3n) is 5.78. The monoisotopic (exact) mass is 499 g/mol.